The monoisotopic (exact) mass is 155 g/mol. The van der Waals surface area contributed by atoms with Crippen molar-refractivity contribution >= 4 is 11.6 Å². The Bertz CT molecular complexity index is 169. The molecule has 1 rings (SSSR count). The zero-order valence-electron chi connectivity index (χ0n) is 6.89. The minimum atomic E-state index is -0.0764. The second-order valence-corrected chi connectivity index (χ2v) is 3.09. The number of ketones is 2. The van der Waals surface area contributed by atoms with Gasteiger partial charge in [0.15, 0.2) is 0 Å². The number of rotatable bonds is 2. The zero-order valence-corrected chi connectivity index (χ0v) is 6.89. The van der Waals surface area contributed by atoms with Crippen molar-refractivity contribution in [2.45, 2.75) is 13.8 Å². The molecule has 0 bridgehead atoms. The fourth-order valence-corrected chi connectivity index (χ4v) is 1.53. The van der Waals surface area contributed by atoms with Crippen LogP contribution in [0.15, 0.2) is 0 Å². The molecule has 1 aliphatic rings. The van der Waals surface area contributed by atoms with Crippen molar-refractivity contribution in [1.29, 1.82) is 0 Å². The van der Waals surface area contributed by atoms with Crippen LogP contribution in [-0.2, 0) is 9.59 Å². The number of Topliss-reactive ketones (excluding diaryl/α,β-unsaturated/α-hetero) is 2. The lowest BCUT2D eigenvalue weighted by atomic mass is 9.90. The average Bonchev–Trinajstić information content (AvgIpc) is 2.32. The summed E-state index contributed by atoms with van der Waals surface area (Å²) in [4.78, 5) is 21.9. The maximum Gasteiger partial charge on any atom is 0.134 e. The highest BCUT2D eigenvalue weighted by Crippen LogP contribution is 2.18. The third-order valence-corrected chi connectivity index (χ3v) is 2.26. The standard InChI is InChI=1S/C8H13NO2/c1-5(10)7-3-9-4-8(7)6(2)11/h7-9H,3-4H2,1-2H3/t7-,8-/m0/s1. The van der Waals surface area contributed by atoms with E-state index < -0.39 is 0 Å². The first-order chi connectivity index (χ1) is 5.13. The third-order valence-electron chi connectivity index (χ3n) is 2.26. The molecule has 0 aromatic heterocycles. The average molecular weight is 155 g/mol. The van der Waals surface area contributed by atoms with Gasteiger partial charge in [0.1, 0.15) is 11.6 Å². The maximum absolute atomic E-state index is 11.0. The van der Waals surface area contributed by atoms with Gasteiger partial charge in [-0.2, -0.15) is 0 Å². The fourth-order valence-electron chi connectivity index (χ4n) is 1.53. The van der Waals surface area contributed by atoms with Crippen LogP contribution in [0.3, 0.4) is 0 Å². The Balaban J connectivity index is 2.65. The molecule has 3 heteroatoms. The van der Waals surface area contributed by atoms with E-state index in [2.05, 4.69) is 5.32 Å². The normalized spacial score (nSPS) is 30.4. The van der Waals surface area contributed by atoms with E-state index in [1.165, 1.54) is 0 Å². The number of hydrogen-bond acceptors (Lipinski definition) is 3. The molecule has 1 saturated heterocycles. The number of nitrogens with one attached hydrogen (secondary N) is 1. The Kier molecular flexibility index (Phi) is 2.39. The van der Waals surface area contributed by atoms with Crippen LogP contribution in [-0.4, -0.2) is 24.7 Å². The molecule has 1 fully saturated rings. The van der Waals surface area contributed by atoms with Crippen LogP contribution in [0, 0.1) is 11.8 Å². The van der Waals surface area contributed by atoms with Crippen molar-refractivity contribution in [1.82, 2.24) is 5.32 Å². The van der Waals surface area contributed by atoms with E-state index >= 15 is 0 Å². The first kappa shape index (κ1) is 8.40. The highest BCUT2D eigenvalue weighted by molar-refractivity contribution is 5.88. The molecule has 2 atom stereocenters. The van der Waals surface area contributed by atoms with E-state index in [1.807, 2.05) is 0 Å². The predicted octanol–water partition coefficient (Wildman–Crippen LogP) is 0. The Morgan fingerprint density at radius 1 is 1.09 bits per heavy atom. The molecule has 0 aromatic carbocycles. The van der Waals surface area contributed by atoms with Crippen LogP contribution in [0.4, 0.5) is 0 Å². The molecule has 0 aromatic rings. The van der Waals surface area contributed by atoms with Crippen LogP contribution in [0.25, 0.3) is 0 Å². The van der Waals surface area contributed by atoms with Gasteiger partial charge in [-0.25, -0.2) is 0 Å². The molecule has 0 aliphatic carbocycles. The lowest BCUT2D eigenvalue weighted by Gasteiger charge is -2.10. The second kappa shape index (κ2) is 3.13. The molecule has 1 aliphatic heterocycles. The maximum atomic E-state index is 11.0. The molecular weight excluding hydrogens is 142 g/mol. The number of carbonyl (C=O) groups excluding carboxylic acids is 2. The molecule has 0 saturated carbocycles. The second-order valence-electron chi connectivity index (χ2n) is 3.09. The summed E-state index contributed by atoms with van der Waals surface area (Å²) in [5.41, 5.74) is 0. The van der Waals surface area contributed by atoms with Crippen LogP contribution in [0.1, 0.15) is 13.8 Å². The van der Waals surface area contributed by atoms with Gasteiger partial charge < -0.3 is 5.32 Å². The SMILES string of the molecule is CC(=O)[C@@H]1CNC[C@H]1C(C)=O. The Morgan fingerprint density at radius 2 is 1.45 bits per heavy atom. The van der Waals surface area contributed by atoms with E-state index in [0.29, 0.717) is 13.1 Å². The van der Waals surface area contributed by atoms with E-state index in [-0.39, 0.29) is 23.4 Å². The third kappa shape index (κ3) is 1.66. The van der Waals surface area contributed by atoms with Crippen LogP contribution < -0.4 is 5.32 Å². The summed E-state index contributed by atoms with van der Waals surface area (Å²) in [6.07, 6.45) is 0. The van der Waals surface area contributed by atoms with Crippen LogP contribution in [0.5, 0.6) is 0 Å². The van der Waals surface area contributed by atoms with Gasteiger partial charge in [-0.15, -0.1) is 0 Å². The molecule has 0 amide bonds. The smallest absolute Gasteiger partial charge is 0.134 e. The molecule has 0 spiro atoms. The summed E-state index contributed by atoms with van der Waals surface area (Å²) in [5.74, 6) is 0.0883. The topological polar surface area (TPSA) is 46.2 Å². The summed E-state index contributed by atoms with van der Waals surface area (Å²) >= 11 is 0. The molecule has 0 radical (unpaired) electrons. The van der Waals surface area contributed by atoms with Gasteiger partial charge in [0.05, 0.1) is 0 Å². The van der Waals surface area contributed by atoms with Gasteiger partial charge in [-0.05, 0) is 13.8 Å². The molecular formula is C8H13NO2. The summed E-state index contributed by atoms with van der Waals surface area (Å²) in [6, 6.07) is 0. The lowest BCUT2D eigenvalue weighted by Crippen LogP contribution is -2.25. The van der Waals surface area contributed by atoms with Crippen molar-refractivity contribution < 1.29 is 9.59 Å². The summed E-state index contributed by atoms with van der Waals surface area (Å²) in [6.45, 7) is 4.43. The molecule has 1 heterocycles. The Labute approximate surface area is 66.2 Å². The van der Waals surface area contributed by atoms with Crippen LogP contribution in [0.2, 0.25) is 0 Å². The minimum Gasteiger partial charge on any atom is -0.315 e. The van der Waals surface area contributed by atoms with Crippen molar-refractivity contribution in [2.24, 2.45) is 11.8 Å². The van der Waals surface area contributed by atoms with Gasteiger partial charge in [0.2, 0.25) is 0 Å². The summed E-state index contributed by atoms with van der Waals surface area (Å²) in [5, 5.41) is 3.04. The van der Waals surface area contributed by atoms with Crippen molar-refractivity contribution in [3.05, 3.63) is 0 Å². The van der Waals surface area contributed by atoms with Gasteiger partial charge in [-0.3, -0.25) is 9.59 Å². The van der Waals surface area contributed by atoms with Crippen molar-refractivity contribution in [3.8, 4) is 0 Å². The zero-order chi connectivity index (χ0) is 8.43. The number of hydrogen-bond donors (Lipinski definition) is 1. The Morgan fingerprint density at radius 3 is 1.73 bits per heavy atom. The summed E-state index contributed by atoms with van der Waals surface area (Å²) in [7, 11) is 0. The molecule has 11 heavy (non-hydrogen) atoms. The largest absolute Gasteiger partial charge is 0.315 e. The van der Waals surface area contributed by atoms with Gasteiger partial charge >= 0.3 is 0 Å². The fraction of sp³-hybridized carbons (Fsp3) is 0.750. The van der Waals surface area contributed by atoms with E-state index in [4.69, 9.17) is 0 Å². The van der Waals surface area contributed by atoms with E-state index in [1.54, 1.807) is 13.8 Å². The van der Waals surface area contributed by atoms with E-state index in [9.17, 15) is 9.59 Å². The lowest BCUT2D eigenvalue weighted by molar-refractivity contribution is -0.128. The van der Waals surface area contributed by atoms with Crippen LogP contribution >= 0.6 is 0 Å². The first-order valence-electron chi connectivity index (χ1n) is 3.84. The van der Waals surface area contributed by atoms with E-state index in [0.717, 1.165) is 0 Å². The Hall–Kier alpha value is -0.700. The molecule has 0 unspecified atom stereocenters. The quantitative estimate of drug-likeness (QED) is 0.610. The molecule has 62 valence electrons. The van der Waals surface area contributed by atoms with Crippen molar-refractivity contribution in [3.63, 3.8) is 0 Å². The van der Waals surface area contributed by atoms with Gasteiger partial charge in [0.25, 0.3) is 0 Å². The highest BCUT2D eigenvalue weighted by Gasteiger charge is 2.33. The molecule has 3 nitrogen and oxygen atoms in total. The highest BCUT2D eigenvalue weighted by atomic mass is 16.1. The van der Waals surface area contributed by atoms with Crippen molar-refractivity contribution in [2.75, 3.05) is 13.1 Å². The molecule has 1 N–H and O–H groups in total. The van der Waals surface area contributed by atoms with Gasteiger partial charge in [0, 0.05) is 24.9 Å². The van der Waals surface area contributed by atoms with Gasteiger partial charge in [-0.1, -0.05) is 0 Å². The minimum absolute atomic E-state index is 0.0764. The predicted molar refractivity (Wildman–Crippen MR) is 41.2 cm³/mol. The first-order valence-corrected chi connectivity index (χ1v) is 3.84. The number of carbonyl (C=O) groups is 2. The summed E-state index contributed by atoms with van der Waals surface area (Å²) < 4.78 is 0.